The van der Waals surface area contributed by atoms with E-state index in [0.717, 1.165) is 38.5 Å². The highest BCUT2D eigenvalue weighted by Crippen LogP contribution is 2.44. The number of carbonyl (C=O) groups excluding carboxylic acids is 2. The summed E-state index contributed by atoms with van der Waals surface area (Å²) < 4.78 is 17.5. The Morgan fingerprint density at radius 1 is 0.333 bits per heavy atom. The third-order valence-electron chi connectivity index (χ3n) is 13.3. The number of hydrogen-bond acceptors (Lipinski definition) is 5. The van der Waals surface area contributed by atoms with E-state index in [1.54, 1.807) is 0 Å². The lowest BCUT2D eigenvalue weighted by atomic mass is 9.79. The first-order valence-electron chi connectivity index (χ1n) is 26.2. The van der Waals surface area contributed by atoms with Gasteiger partial charge < -0.3 is 14.2 Å². The standard InChI is InChI=1S/C52H98O5/c1-3-5-7-9-11-13-15-17-19-21-23-25-27-29-31-33-35-37-39-41-45-55-51(53)49-47-43-44-48(57-47)50(49)52(54)56-46-42-40-38-36-34-32-30-28-26-24-22-20-18-16-14-12-10-8-6-4-2/h47-50H,3-46H2,1-2H3. The van der Waals surface area contributed by atoms with Crippen LogP contribution in [0, 0.1) is 11.8 Å². The van der Waals surface area contributed by atoms with Gasteiger partial charge in [0.05, 0.1) is 37.3 Å². The fourth-order valence-electron chi connectivity index (χ4n) is 9.53. The maximum Gasteiger partial charge on any atom is 0.312 e. The molecule has 5 nitrogen and oxygen atoms in total. The zero-order chi connectivity index (χ0) is 40.7. The molecule has 2 fully saturated rings. The molecule has 0 radical (unpaired) electrons. The van der Waals surface area contributed by atoms with E-state index in [-0.39, 0.29) is 24.1 Å². The van der Waals surface area contributed by atoms with Gasteiger partial charge >= 0.3 is 11.9 Å². The second-order valence-corrected chi connectivity index (χ2v) is 18.6. The molecule has 0 aliphatic carbocycles. The third kappa shape index (κ3) is 28.1. The highest BCUT2D eigenvalue weighted by Gasteiger charge is 2.56. The lowest BCUT2D eigenvalue weighted by molar-refractivity contribution is -0.161. The van der Waals surface area contributed by atoms with Crippen molar-refractivity contribution >= 4 is 11.9 Å². The molecule has 57 heavy (non-hydrogen) atoms. The smallest absolute Gasteiger partial charge is 0.312 e. The molecule has 0 N–H and O–H groups in total. The van der Waals surface area contributed by atoms with E-state index in [1.807, 2.05) is 0 Å². The van der Waals surface area contributed by atoms with Crippen LogP contribution in [0.5, 0.6) is 0 Å². The quantitative estimate of drug-likeness (QED) is 0.0453. The Morgan fingerprint density at radius 3 is 0.737 bits per heavy atom. The van der Waals surface area contributed by atoms with Crippen molar-refractivity contribution in [3.05, 3.63) is 0 Å². The Hall–Kier alpha value is -1.10. The average molecular weight is 803 g/mol. The molecule has 2 aliphatic heterocycles. The molecule has 0 aromatic carbocycles. The predicted molar refractivity (Wildman–Crippen MR) is 243 cm³/mol. The molecule has 336 valence electrons. The largest absolute Gasteiger partial charge is 0.465 e. The predicted octanol–water partition coefficient (Wildman–Crippen LogP) is 16.5. The maximum absolute atomic E-state index is 13.1. The number of ether oxygens (including phenoxy) is 3. The normalized spacial score (nSPS) is 18.8. The summed E-state index contributed by atoms with van der Waals surface area (Å²) in [6, 6.07) is 0. The first-order valence-corrected chi connectivity index (χ1v) is 26.2. The number of esters is 2. The minimum absolute atomic E-state index is 0.185. The highest BCUT2D eigenvalue weighted by molar-refractivity contribution is 5.84. The molecular formula is C52H98O5. The van der Waals surface area contributed by atoms with Crippen LogP contribution >= 0.6 is 0 Å². The van der Waals surface area contributed by atoms with Crippen molar-refractivity contribution in [1.82, 2.24) is 0 Å². The Labute approximate surface area is 355 Å². The molecule has 2 aliphatic rings. The number of carbonyl (C=O) groups is 2. The Morgan fingerprint density at radius 2 is 0.526 bits per heavy atom. The molecule has 4 atom stereocenters. The van der Waals surface area contributed by atoms with Crippen molar-refractivity contribution in [3.63, 3.8) is 0 Å². The fourth-order valence-corrected chi connectivity index (χ4v) is 9.53. The first-order chi connectivity index (χ1) is 28.2. The van der Waals surface area contributed by atoms with E-state index < -0.39 is 11.8 Å². The molecular weight excluding hydrogens is 705 g/mol. The zero-order valence-corrected chi connectivity index (χ0v) is 38.5. The number of hydrogen-bond donors (Lipinski definition) is 0. The molecule has 0 spiro atoms. The summed E-state index contributed by atoms with van der Waals surface area (Å²) in [4.78, 5) is 26.2. The van der Waals surface area contributed by atoms with Crippen molar-refractivity contribution in [2.24, 2.45) is 11.8 Å². The molecule has 0 saturated carbocycles. The third-order valence-corrected chi connectivity index (χ3v) is 13.3. The number of fused-ring (bicyclic) bond motifs is 2. The van der Waals surface area contributed by atoms with Crippen LogP contribution < -0.4 is 0 Å². The fraction of sp³-hybridized carbons (Fsp3) is 0.962. The van der Waals surface area contributed by atoms with Gasteiger partial charge in [0, 0.05) is 0 Å². The van der Waals surface area contributed by atoms with Gasteiger partial charge in [-0.3, -0.25) is 9.59 Å². The Kier molecular flexibility index (Phi) is 35.7. The van der Waals surface area contributed by atoms with Gasteiger partial charge in [0.2, 0.25) is 0 Å². The molecule has 2 bridgehead atoms. The second kappa shape index (κ2) is 39.1. The van der Waals surface area contributed by atoms with Crippen molar-refractivity contribution in [2.75, 3.05) is 13.2 Å². The SMILES string of the molecule is CCCCCCCCCCCCCCCCCCCCCCOC(=O)C1C2CCC(O2)C1C(=O)OCCCCCCCCCCCCCCCCCCCCCC. The van der Waals surface area contributed by atoms with E-state index in [4.69, 9.17) is 14.2 Å². The van der Waals surface area contributed by atoms with Crippen LogP contribution in [0.1, 0.15) is 284 Å². The molecule has 5 heteroatoms. The van der Waals surface area contributed by atoms with Gasteiger partial charge in [0.25, 0.3) is 0 Å². The van der Waals surface area contributed by atoms with Crippen LogP contribution in [-0.2, 0) is 23.8 Å². The highest BCUT2D eigenvalue weighted by atomic mass is 16.6. The molecule has 2 saturated heterocycles. The van der Waals surface area contributed by atoms with Crippen molar-refractivity contribution < 1.29 is 23.8 Å². The minimum atomic E-state index is -0.490. The summed E-state index contributed by atoms with van der Waals surface area (Å²) in [6.07, 6.45) is 55.5. The summed E-state index contributed by atoms with van der Waals surface area (Å²) in [7, 11) is 0. The number of rotatable bonds is 44. The average Bonchev–Trinajstić information content (AvgIpc) is 3.85. The van der Waals surface area contributed by atoms with Crippen LogP contribution in [-0.4, -0.2) is 37.4 Å². The van der Waals surface area contributed by atoms with E-state index in [2.05, 4.69) is 13.8 Å². The van der Waals surface area contributed by atoms with Crippen molar-refractivity contribution in [2.45, 2.75) is 296 Å². The van der Waals surface area contributed by atoms with E-state index in [1.165, 1.54) is 231 Å². The van der Waals surface area contributed by atoms with Gasteiger partial charge in [-0.15, -0.1) is 0 Å². The first kappa shape index (κ1) is 52.0. The summed E-state index contributed by atoms with van der Waals surface area (Å²) >= 11 is 0. The molecule has 0 amide bonds. The zero-order valence-electron chi connectivity index (χ0n) is 38.5. The molecule has 4 unspecified atom stereocenters. The van der Waals surface area contributed by atoms with Crippen LogP contribution in [0.3, 0.4) is 0 Å². The van der Waals surface area contributed by atoms with E-state index in [0.29, 0.717) is 13.2 Å². The maximum atomic E-state index is 13.1. The molecule has 2 heterocycles. The molecule has 0 aromatic rings. The molecule has 0 aromatic heterocycles. The van der Waals surface area contributed by atoms with Gasteiger partial charge in [-0.25, -0.2) is 0 Å². The summed E-state index contributed by atoms with van der Waals surface area (Å²) in [6.45, 7) is 5.49. The lowest BCUT2D eigenvalue weighted by Crippen LogP contribution is -2.40. The Bertz CT molecular complexity index is 820. The van der Waals surface area contributed by atoms with Crippen LogP contribution in [0.25, 0.3) is 0 Å². The van der Waals surface area contributed by atoms with Gasteiger partial charge in [0.15, 0.2) is 0 Å². The number of unbranched alkanes of at least 4 members (excludes halogenated alkanes) is 38. The monoisotopic (exact) mass is 803 g/mol. The van der Waals surface area contributed by atoms with Gasteiger partial charge in [-0.1, -0.05) is 258 Å². The lowest BCUT2D eigenvalue weighted by Gasteiger charge is -2.25. The Balaban J connectivity index is 1.34. The summed E-state index contributed by atoms with van der Waals surface area (Å²) in [5.74, 6) is -1.48. The minimum Gasteiger partial charge on any atom is -0.465 e. The van der Waals surface area contributed by atoms with Crippen LogP contribution in [0.15, 0.2) is 0 Å². The summed E-state index contributed by atoms with van der Waals surface area (Å²) in [5.41, 5.74) is 0. The van der Waals surface area contributed by atoms with E-state index in [9.17, 15) is 9.59 Å². The van der Waals surface area contributed by atoms with Gasteiger partial charge in [0.1, 0.15) is 0 Å². The van der Waals surface area contributed by atoms with Gasteiger partial charge in [-0.2, -0.15) is 0 Å². The van der Waals surface area contributed by atoms with Crippen LogP contribution in [0.4, 0.5) is 0 Å². The van der Waals surface area contributed by atoms with Crippen molar-refractivity contribution in [3.8, 4) is 0 Å². The topological polar surface area (TPSA) is 61.8 Å². The van der Waals surface area contributed by atoms with E-state index >= 15 is 0 Å². The summed E-state index contributed by atoms with van der Waals surface area (Å²) in [5, 5.41) is 0. The molecule has 2 rings (SSSR count). The van der Waals surface area contributed by atoms with Crippen molar-refractivity contribution in [1.29, 1.82) is 0 Å². The van der Waals surface area contributed by atoms with Crippen LogP contribution in [0.2, 0.25) is 0 Å². The van der Waals surface area contributed by atoms with Gasteiger partial charge in [-0.05, 0) is 25.7 Å². The second-order valence-electron chi connectivity index (χ2n) is 18.6.